The molecule has 3 rings (SSSR count). The highest BCUT2D eigenvalue weighted by molar-refractivity contribution is 7.12. The van der Waals surface area contributed by atoms with Crippen LogP contribution in [-0.4, -0.2) is 76.6 Å². The molecule has 0 aromatic carbocycles. The molecule has 2 atom stereocenters. The third-order valence-corrected chi connectivity index (χ3v) is 4.93. The third-order valence-electron chi connectivity index (χ3n) is 3.99. The third kappa shape index (κ3) is 4.18. The van der Waals surface area contributed by atoms with Gasteiger partial charge in [-0.1, -0.05) is 0 Å². The molecule has 8 heteroatoms. The summed E-state index contributed by atoms with van der Waals surface area (Å²) in [7, 11) is 4.02. The Bertz CT molecular complexity index is 563. The van der Waals surface area contributed by atoms with Gasteiger partial charge in [0.25, 0.3) is 5.91 Å². The van der Waals surface area contributed by atoms with Crippen molar-refractivity contribution in [1.82, 2.24) is 10.2 Å². The fourth-order valence-corrected chi connectivity index (χ4v) is 3.53. The summed E-state index contributed by atoms with van der Waals surface area (Å²) in [5.74, 6) is 1.03. The average Bonchev–Trinajstić information content (AvgIpc) is 3.00. The Kier molecular flexibility index (Phi) is 5.94. The first kappa shape index (κ1) is 17.5. The standard InChI is InChI=1S/C16H24N2O5S/c1-18(2)4-6-21-12-3-5-20-9-11(12)17-16(19)15-14-13(10-24-15)22-7-8-23-14/h10-12H,3-9H2,1-2H3,(H,17,19)/t11-,12+/m0/s1. The lowest BCUT2D eigenvalue weighted by molar-refractivity contribution is -0.0561. The Balaban J connectivity index is 1.60. The molecular formula is C16H24N2O5S. The first-order chi connectivity index (χ1) is 11.6. The summed E-state index contributed by atoms with van der Waals surface area (Å²) in [6, 6.07) is -0.157. The van der Waals surface area contributed by atoms with Gasteiger partial charge in [0.15, 0.2) is 11.5 Å². The maximum atomic E-state index is 12.6. The molecule has 0 spiro atoms. The van der Waals surface area contributed by atoms with Gasteiger partial charge in [0.1, 0.15) is 18.1 Å². The van der Waals surface area contributed by atoms with Crippen molar-refractivity contribution in [2.45, 2.75) is 18.6 Å². The predicted molar refractivity (Wildman–Crippen MR) is 90.3 cm³/mol. The van der Waals surface area contributed by atoms with Gasteiger partial charge in [0.2, 0.25) is 0 Å². The van der Waals surface area contributed by atoms with Crippen LogP contribution in [0.15, 0.2) is 5.38 Å². The number of nitrogens with zero attached hydrogens (tertiary/aromatic N) is 1. The minimum Gasteiger partial charge on any atom is -0.485 e. The molecule has 1 N–H and O–H groups in total. The second-order valence-corrected chi connectivity index (χ2v) is 6.99. The number of fused-ring (bicyclic) bond motifs is 1. The molecule has 2 aliphatic rings. The van der Waals surface area contributed by atoms with Crippen LogP contribution in [0.1, 0.15) is 16.1 Å². The predicted octanol–water partition coefficient (Wildman–Crippen LogP) is 0.985. The zero-order chi connectivity index (χ0) is 16.9. The minimum absolute atomic E-state index is 0.0318. The summed E-state index contributed by atoms with van der Waals surface area (Å²) in [4.78, 5) is 15.2. The highest BCUT2D eigenvalue weighted by atomic mass is 32.1. The van der Waals surface area contributed by atoms with Crippen LogP contribution in [0.4, 0.5) is 0 Å². The maximum absolute atomic E-state index is 12.6. The number of likely N-dealkylation sites (N-methyl/N-ethyl adjacent to an activating group) is 1. The summed E-state index contributed by atoms with van der Waals surface area (Å²) in [5.41, 5.74) is 0. The Morgan fingerprint density at radius 3 is 3.04 bits per heavy atom. The fraction of sp³-hybridized carbons (Fsp3) is 0.688. The molecule has 3 heterocycles. The number of ether oxygens (including phenoxy) is 4. The molecule has 0 unspecified atom stereocenters. The van der Waals surface area contributed by atoms with Crippen LogP contribution in [0.25, 0.3) is 0 Å². The lowest BCUT2D eigenvalue weighted by Gasteiger charge is -2.32. The van der Waals surface area contributed by atoms with E-state index in [1.54, 1.807) is 0 Å². The normalized spacial score (nSPS) is 23.3. The maximum Gasteiger partial charge on any atom is 0.265 e. The van der Waals surface area contributed by atoms with Crippen molar-refractivity contribution >= 4 is 17.2 Å². The van der Waals surface area contributed by atoms with E-state index in [0.29, 0.717) is 49.4 Å². The molecule has 0 bridgehead atoms. The second-order valence-electron chi connectivity index (χ2n) is 6.11. The second kappa shape index (κ2) is 8.15. The Morgan fingerprint density at radius 1 is 1.38 bits per heavy atom. The van der Waals surface area contributed by atoms with Crippen molar-refractivity contribution in [3.63, 3.8) is 0 Å². The van der Waals surface area contributed by atoms with Crippen LogP contribution in [0.2, 0.25) is 0 Å². The summed E-state index contributed by atoms with van der Waals surface area (Å²) < 4.78 is 22.5. The topological polar surface area (TPSA) is 69.3 Å². The number of amides is 1. The van der Waals surface area contributed by atoms with E-state index >= 15 is 0 Å². The number of carbonyl (C=O) groups is 1. The zero-order valence-electron chi connectivity index (χ0n) is 14.1. The summed E-state index contributed by atoms with van der Waals surface area (Å²) in [6.45, 7) is 3.58. The molecule has 7 nitrogen and oxygen atoms in total. The number of nitrogens with one attached hydrogen (secondary N) is 1. The monoisotopic (exact) mass is 356 g/mol. The molecule has 2 aliphatic heterocycles. The molecule has 0 aliphatic carbocycles. The minimum atomic E-state index is -0.163. The van der Waals surface area contributed by atoms with Gasteiger partial charge < -0.3 is 29.2 Å². The number of hydrogen-bond donors (Lipinski definition) is 1. The number of carbonyl (C=O) groups excluding carboxylic acids is 1. The van der Waals surface area contributed by atoms with Crippen LogP contribution in [-0.2, 0) is 9.47 Å². The van der Waals surface area contributed by atoms with E-state index in [-0.39, 0.29) is 18.1 Å². The molecule has 1 fully saturated rings. The SMILES string of the molecule is CN(C)CCO[C@@H]1CCOC[C@@H]1NC(=O)c1scc2c1OCCO2. The lowest BCUT2D eigenvalue weighted by atomic mass is 10.1. The van der Waals surface area contributed by atoms with Crippen LogP contribution in [0.5, 0.6) is 11.5 Å². The molecule has 0 radical (unpaired) electrons. The van der Waals surface area contributed by atoms with Gasteiger partial charge in [-0.2, -0.15) is 0 Å². The van der Waals surface area contributed by atoms with Gasteiger partial charge in [-0.25, -0.2) is 0 Å². The molecule has 134 valence electrons. The van der Waals surface area contributed by atoms with E-state index in [1.165, 1.54) is 11.3 Å². The van der Waals surface area contributed by atoms with Crippen molar-refractivity contribution in [3.05, 3.63) is 10.3 Å². The van der Waals surface area contributed by atoms with Crippen molar-refractivity contribution < 1.29 is 23.7 Å². The first-order valence-electron chi connectivity index (χ1n) is 8.17. The summed E-state index contributed by atoms with van der Waals surface area (Å²) in [5, 5.41) is 4.84. The Labute approximate surface area is 145 Å². The lowest BCUT2D eigenvalue weighted by Crippen LogP contribution is -2.50. The van der Waals surface area contributed by atoms with Crippen LogP contribution < -0.4 is 14.8 Å². The summed E-state index contributed by atoms with van der Waals surface area (Å²) >= 11 is 1.33. The molecule has 1 amide bonds. The van der Waals surface area contributed by atoms with Gasteiger partial charge in [-0.15, -0.1) is 11.3 Å². The van der Waals surface area contributed by atoms with E-state index < -0.39 is 0 Å². The Morgan fingerprint density at radius 2 is 2.21 bits per heavy atom. The van der Waals surface area contributed by atoms with Gasteiger partial charge >= 0.3 is 0 Å². The van der Waals surface area contributed by atoms with E-state index in [2.05, 4.69) is 10.2 Å². The van der Waals surface area contributed by atoms with Crippen molar-refractivity contribution in [2.75, 3.05) is 53.7 Å². The quantitative estimate of drug-likeness (QED) is 0.820. The van der Waals surface area contributed by atoms with E-state index in [1.807, 2.05) is 19.5 Å². The van der Waals surface area contributed by atoms with Crippen LogP contribution in [0, 0.1) is 0 Å². The molecule has 1 aromatic rings. The molecule has 1 saturated heterocycles. The molecule has 24 heavy (non-hydrogen) atoms. The average molecular weight is 356 g/mol. The largest absolute Gasteiger partial charge is 0.485 e. The first-order valence-corrected chi connectivity index (χ1v) is 9.05. The van der Waals surface area contributed by atoms with Crippen molar-refractivity contribution in [3.8, 4) is 11.5 Å². The van der Waals surface area contributed by atoms with Crippen LogP contribution in [0.3, 0.4) is 0 Å². The molecule has 0 saturated carbocycles. The van der Waals surface area contributed by atoms with Crippen LogP contribution >= 0.6 is 11.3 Å². The smallest absolute Gasteiger partial charge is 0.265 e. The van der Waals surface area contributed by atoms with Crippen molar-refractivity contribution in [2.24, 2.45) is 0 Å². The summed E-state index contributed by atoms with van der Waals surface area (Å²) in [6.07, 6.45) is 0.746. The number of thiophene rings is 1. The van der Waals surface area contributed by atoms with Gasteiger partial charge in [-0.3, -0.25) is 4.79 Å². The van der Waals surface area contributed by atoms with Gasteiger partial charge in [0, 0.05) is 18.5 Å². The number of hydrogen-bond acceptors (Lipinski definition) is 7. The fourth-order valence-electron chi connectivity index (χ4n) is 2.69. The van der Waals surface area contributed by atoms with Crippen molar-refractivity contribution in [1.29, 1.82) is 0 Å². The highest BCUT2D eigenvalue weighted by Crippen LogP contribution is 2.39. The van der Waals surface area contributed by atoms with E-state index in [0.717, 1.165) is 13.0 Å². The Hall–Kier alpha value is -1.35. The van der Waals surface area contributed by atoms with E-state index in [9.17, 15) is 4.79 Å². The highest BCUT2D eigenvalue weighted by Gasteiger charge is 2.31. The number of rotatable bonds is 6. The molecular weight excluding hydrogens is 332 g/mol. The van der Waals surface area contributed by atoms with Gasteiger partial charge in [0.05, 0.1) is 25.4 Å². The zero-order valence-corrected chi connectivity index (χ0v) is 14.9. The molecule has 1 aromatic heterocycles. The van der Waals surface area contributed by atoms with E-state index in [4.69, 9.17) is 18.9 Å². The van der Waals surface area contributed by atoms with Gasteiger partial charge in [-0.05, 0) is 20.5 Å².